The van der Waals surface area contributed by atoms with Crippen LogP contribution in [0.4, 0.5) is 0 Å². The molecule has 0 radical (unpaired) electrons. The number of rotatable bonds is 5. The molecule has 0 unspecified atom stereocenters. The summed E-state index contributed by atoms with van der Waals surface area (Å²) in [5.74, 6) is 0.546. The summed E-state index contributed by atoms with van der Waals surface area (Å²) >= 11 is 5.89. The Morgan fingerprint density at radius 3 is 2.67 bits per heavy atom. The summed E-state index contributed by atoms with van der Waals surface area (Å²) in [7, 11) is 0. The van der Waals surface area contributed by atoms with Crippen molar-refractivity contribution in [3.8, 4) is 5.75 Å². The number of carbonyl (C=O) groups excluding carboxylic acids is 1. The van der Waals surface area contributed by atoms with Crippen LogP contribution in [0.3, 0.4) is 0 Å². The molecule has 0 aliphatic rings. The highest BCUT2D eigenvalue weighted by Crippen LogP contribution is 2.16. The van der Waals surface area contributed by atoms with E-state index in [1.807, 2.05) is 50.2 Å². The highest BCUT2D eigenvalue weighted by molar-refractivity contribution is 6.30. The van der Waals surface area contributed by atoms with E-state index < -0.39 is 0 Å². The topological polar surface area (TPSA) is 38.3 Å². The molecule has 2 aromatic carbocycles. The third-order valence-corrected chi connectivity index (χ3v) is 3.46. The summed E-state index contributed by atoms with van der Waals surface area (Å²) in [6.07, 6.45) is 0. The lowest BCUT2D eigenvalue weighted by Gasteiger charge is -2.09. The first-order valence-corrected chi connectivity index (χ1v) is 7.13. The van der Waals surface area contributed by atoms with Crippen molar-refractivity contribution in [2.75, 3.05) is 6.61 Å². The Hall–Kier alpha value is -2.00. The molecule has 4 heteroatoms. The van der Waals surface area contributed by atoms with E-state index in [1.165, 1.54) is 5.56 Å². The van der Waals surface area contributed by atoms with Gasteiger partial charge in [-0.25, -0.2) is 0 Å². The first-order valence-electron chi connectivity index (χ1n) is 6.76. The van der Waals surface area contributed by atoms with E-state index in [2.05, 4.69) is 5.32 Å². The van der Waals surface area contributed by atoms with Crippen molar-refractivity contribution in [2.45, 2.75) is 20.4 Å². The van der Waals surface area contributed by atoms with Crippen molar-refractivity contribution in [2.24, 2.45) is 0 Å². The van der Waals surface area contributed by atoms with E-state index in [-0.39, 0.29) is 12.5 Å². The summed E-state index contributed by atoms with van der Waals surface area (Å²) < 4.78 is 5.48. The van der Waals surface area contributed by atoms with Crippen LogP contribution in [0.15, 0.2) is 42.5 Å². The van der Waals surface area contributed by atoms with Crippen LogP contribution in [-0.2, 0) is 11.3 Å². The van der Waals surface area contributed by atoms with E-state index in [1.54, 1.807) is 6.07 Å². The number of hydrogen-bond donors (Lipinski definition) is 1. The van der Waals surface area contributed by atoms with Gasteiger partial charge in [0, 0.05) is 11.6 Å². The maximum absolute atomic E-state index is 11.8. The normalized spacial score (nSPS) is 10.2. The molecule has 0 heterocycles. The van der Waals surface area contributed by atoms with Gasteiger partial charge in [0.2, 0.25) is 0 Å². The maximum Gasteiger partial charge on any atom is 0.258 e. The molecule has 0 saturated carbocycles. The van der Waals surface area contributed by atoms with Crippen LogP contribution in [-0.4, -0.2) is 12.5 Å². The van der Waals surface area contributed by atoms with Gasteiger partial charge in [-0.15, -0.1) is 0 Å². The fourth-order valence-corrected chi connectivity index (χ4v) is 2.06. The molecule has 2 rings (SSSR count). The van der Waals surface area contributed by atoms with Gasteiger partial charge >= 0.3 is 0 Å². The minimum Gasteiger partial charge on any atom is -0.484 e. The second-order valence-corrected chi connectivity index (χ2v) is 5.38. The van der Waals surface area contributed by atoms with Crippen molar-refractivity contribution >= 4 is 17.5 Å². The molecule has 0 saturated heterocycles. The van der Waals surface area contributed by atoms with Crippen LogP contribution in [0.5, 0.6) is 5.75 Å². The molecule has 2 aromatic rings. The first kappa shape index (κ1) is 15.4. The van der Waals surface area contributed by atoms with Crippen LogP contribution >= 0.6 is 11.6 Å². The van der Waals surface area contributed by atoms with Crippen molar-refractivity contribution in [3.05, 3.63) is 64.2 Å². The predicted octanol–water partition coefficient (Wildman–Crippen LogP) is 3.65. The fourth-order valence-electron chi connectivity index (χ4n) is 1.85. The third-order valence-electron chi connectivity index (χ3n) is 3.23. The Kier molecular flexibility index (Phi) is 5.23. The molecule has 3 nitrogen and oxygen atoms in total. The minimum absolute atomic E-state index is 0.00304. The number of benzene rings is 2. The van der Waals surface area contributed by atoms with Gasteiger partial charge in [-0.05, 0) is 54.8 Å². The van der Waals surface area contributed by atoms with E-state index in [0.717, 1.165) is 11.1 Å². The molecule has 1 N–H and O–H groups in total. The largest absolute Gasteiger partial charge is 0.484 e. The van der Waals surface area contributed by atoms with Gasteiger partial charge in [0.25, 0.3) is 5.91 Å². The van der Waals surface area contributed by atoms with Crippen LogP contribution in [0.25, 0.3) is 0 Å². The van der Waals surface area contributed by atoms with Crippen LogP contribution in [0, 0.1) is 13.8 Å². The molecule has 0 spiro atoms. The molecular formula is C17H18ClNO2. The second-order valence-electron chi connectivity index (χ2n) is 4.94. The van der Waals surface area contributed by atoms with Gasteiger partial charge in [-0.3, -0.25) is 4.79 Å². The second kappa shape index (κ2) is 7.14. The molecule has 21 heavy (non-hydrogen) atoms. The number of nitrogens with one attached hydrogen (secondary N) is 1. The minimum atomic E-state index is -0.159. The number of aryl methyl sites for hydroxylation is 2. The molecule has 0 aliphatic heterocycles. The zero-order chi connectivity index (χ0) is 15.2. The van der Waals surface area contributed by atoms with E-state index in [0.29, 0.717) is 17.3 Å². The zero-order valence-corrected chi connectivity index (χ0v) is 12.9. The fraction of sp³-hybridized carbons (Fsp3) is 0.235. The molecule has 0 atom stereocenters. The standard InChI is InChI=1S/C17H18ClNO2/c1-12-6-7-16(8-13(12)2)21-11-17(20)19-10-14-4-3-5-15(18)9-14/h3-9H,10-11H2,1-2H3,(H,19,20). The lowest BCUT2D eigenvalue weighted by Crippen LogP contribution is -2.28. The lowest BCUT2D eigenvalue weighted by molar-refractivity contribution is -0.123. The Morgan fingerprint density at radius 1 is 1.14 bits per heavy atom. The van der Waals surface area contributed by atoms with Gasteiger partial charge < -0.3 is 10.1 Å². The van der Waals surface area contributed by atoms with Gasteiger partial charge in [0.05, 0.1) is 0 Å². The lowest BCUT2D eigenvalue weighted by atomic mass is 10.1. The summed E-state index contributed by atoms with van der Waals surface area (Å²) in [6.45, 7) is 4.50. The maximum atomic E-state index is 11.8. The van der Waals surface area contributed by atoms with Crippen molar-refractivity contribution < 1.29 is 9.53 Å². The molecule has 1 amide bonds. The molecule has 0 aliphatic carbocycles. The highest BCUT2D eigenvalue weighted by atomic mass is 35.5. The molecule has 0 fully saturated rings. The first-order chi connectivity index (χ1) is 10.0. The van der Waals surface area contributed by atoms with Crippen LogP contribution < -0.4 is 10.1 Å². The monoisotopic (exact) mass is 303 g/mol. The Morgan fingerprint density at radius 2 is 1.95 bits per heavy atom. The third kappa shape index (κ3) is 4.80. The van der Waals surface area contributed by atoms with Gasteiger partial charge in [-0.1, -0.05) is 29.8 Å². The highest BCUT2D eigenvalue weighted by Gasteiger charge is 2.04. The van der Waals surface area contributed by atoms with Crippen LogP contribution in [0.1, 0.15) is 16.7 Å². The number of halogens is 1. The summed E-state index contributed by atoms with van der Waals surface area (Å²) in [5.41, 5.74) is 3.31. The number of amides is 1. The Balaban J connectivity index is 1.80. The van der Waals surface area contributed by atoms with E-state index >= 15 is 0 Å². The average Bonchev–Trinajstić information content (AvgIpc) is 2.46. The zero-order valence-electron chi connectivity index (χ0n) is 12.2. The SMILES string of the molecule is Cc1ccc(OCC(=O)NCc2cccc(Cl)c2)cc1C. The summed E-state index contributed by atoms with van der Waals surface area (Å²) in [6, 6.07) is 13.2. The summed E-state index contributed by atoms with van der Waals surface area (Å²) in [5, 5.41) is 3.46. The smallest absolute Gasteiger partial charge is 0.258 e. The van der Waals surface area contributed by atoms with Gasteiger partial charge in [0.1, 0.15) is 5.75 Å². The van der Waals surface area contributed by atoms with E-state index in [4.69, 9.17) is 16.3 Å². The van der Waals surface area contributed by atoms with Gasteiger partial charge in [0.15, 0.2) is 6.61 Å². The van der Waals surface area contributed by atoms with Gasteiger partial charge in [-0.2, -0.15) is 0 Å². The molecule has 0 aromatic heterocycles. The van der Waals surface area contributed by atoms with E-state index in [9.17, 15) is 4.79 Å². The number of ether oxygens (including phenoxy) is 1. The molecule has 110 valence electrons. The Bertz CT molecular complexity index is 640. The number of hydrogen-bond acceptors (Lipinski definition) is 2. The number of carbonyl (C=O) groups is 1. The Labute approximate surface area is 129 Å². The average molecular weight is 304 g/mol. The van der Waals surface area contributed by atoms with Crippen LogP contribution in [0.2, 0.25) is 5.02 Å². The van der Waals surface area contributed by atoms with Crippen molar-refractivity contribution in [1.82, 2.24) is 5.32 Å². The predicted molar refractivity (Wildman–Crippen MR) is 84.7 cm³/mol. The van der Waals surface area contributed by atoms with Crippen molar-refractivity contribution in [1.29, 1.82) is 0 Å². The summed E-state index contributed by atoms with van der Waals surface area (Å²) in [4.78, 5) is 11.8. The van der Waals surface area contributed by atoms with Crippen molar-refractivity contribution in [3.63, 3.8) is 0 Å². The quantitative estimate of drug-likeness (QED) is 0.915. The molecule has 0 bridgehead atoms. The molecular weight excluding hydrogens is 286 g/mol.